The summed E-state index contributed by atoms with van der Waals surface area (Å²) in [6.07, 6.45) is 0. The summed E-state index contributed by atoms with van der Waals surface area (Å²) in [5.41, 5.74) is 7.20. The molecule has 0 aliphatic carbocycles. The van der Waals surface area contributed by atoms with E-state index in [1.165, 1.54) is 4.31 Å². The summed E-state index contributed by atoms with van der Waals surface area (Å²) in [4.78, 5) is 0. The summed E-state index contributed by atoms with van der Waals surface area (Å²) in [5, 5.41) is 0. The first-order valence-corrected chi connectivity index (χ1v) is 7.41. The topological polar surface area (TPSA) is 75.4 Å². The minimum Gasteiger partial charge on any atom is -0.399 e. The number of nitrogens with one attached hydrogen (secondary N) is 1. The number of anilines is 1. The van der Waals surface area contributed by atoms with Crippen molar-refractivity contribution in [2.45, 2.75) is 33.4 Å². The lowest BCUT2D eigenvalue weighted by molar-refractivity contribution is 0.410. The standard InChI is InChI=1S/C12H21N3O2S/c1-4-15(18(16,17)14-10(2)3)9-11-6-5-7-12(13)8-11/h5-8,10,14H,4,9,13H2,1-3H3. The molecule has 0 saturated carbocycles. The van der Waals surface area contributed by atoms with E-state index in [2.05, 4.69) is 4.72 Å². The summed E-state index contributed by atoms with van der Waals surface area (Å²) in [7, 11) is -3.44. The van der Waals surface area contributed by atoms with E-state index in [4.69, 9.17) is 5.73 Å². The van der Waals surface area contributed by atoms with Crippen LogP contribution in [-0.4, -0.2) is 25.3 Å². The van der Waals surface area contributed by atoms with Gasteiger partial charge in [0.05, 0.1) is 0 Å². The Morgan fingerprint density at radius 1 is 1.39 bits per heavy atom. The maximum Gasteiger partial charge on any atom is 0.279 e. The molecule has 0 aliphatic rings. The average Bonchev–Trinajstić information content (AvgIpc) is 2.24. The Balaban J connectivity index is 2.85. The summed E-state index contributed by atoms with van der Waals surface area (Å²) in [6, 6.07) is 7.13. The molecular weight excluding hydrogens is 250 g/mol. The van der Waals surface area contributed by atoms with Gasteiger partial charge in [-0.25, -0.2) is 0 Å². The van der Waals surface area contributed by atoms with Gasteiger partial charge in [-0.2, -0.15) is 17.4 Å². The summed E-state index contributed by atoms with van der Waals surface area (Å²) in [5.74, 6) is 0. The summed E-state index contributed by atoms with van der Waals surface area (Å²) < 4.78 is 28.1. The van der Waals surface area contributed by atoms with Crippen molar-refractivity contribution in [2.75, 3.05) is 12.3 Å². The quantitative estimate of drug-likeness (QED) is 0.767. The van der Waals surface area contributed by atoms with Crippen LogP contribution in [0.1, 0.15) is 26.3 Å². The van der Waals surface area contributed by atoms with Crippen molar-refractivity contribution in [1.29, 1.82) is 0 Å². The third-order valence-corrected chi connectivity index (χ3v) is 4.22. The summed E-state index contributed by atoms with van der Waals surface area (Å²) >= 11 is 0. The van der Waals surface area contributed by atoms with E-state index in [1.807, 2.05) is 19.1 Å². The van der Waals surface area contributed by atoms with E-state index in [0.717, 1.165) is 5.56 Å². The largest absolute Gasteiger partial charge is 0.399 e. The Labute approximate surface area is 109 Å². The van der Waals surface area contributed by atoms with Gasteiger partial charge in [-0.3, -0.25) is 0 Å². The van der Waals surface area contributed by atoms with Crippen LogP contribution in [0.5, 0.6) is 0 Å². The first-order valence-electron chi connectivity index (χ1n) is 5.97. The van der Waals surface area contributed by atoms with Crippen molar-refractivity contribution in [3.63, 3.8) is 0 Å². The van der Waals surface area contributed by atoms with Crippen LogP contribution in [0.15, 0.2) is 24.3 Å². The van der Waals surface area contributed by atoms with Crippen LogP contribution in [0.4, 0.5) is 5.69 Å². The first-order chi connectivity index (χ1) is 8.35. The maximum absolute atomic E-state index is 12.0. The predicted octanol–water partition coefficient (Wildman–Crippen LogP) is 1.33. The zero-order valence-electron chi connectivity index (χ0n) is 11.1. The van der Waals surface area contributed by atoms with Crippen LogP contribution in [0, 0.1) is 0 Å². The van der Waals surface area contributed by atoms with Gasteiger partial charge in [0, 0.05) is 24.8 Å². The number of hydrogen-bond acceptors (Lipinski definition) is 3. The lowest BCUT2D eigenvalue weighted by atomic mass is 10.2. The highest BCUT2D eigenvalue weighted by Gasteiger charge is 2.21. The second-order valence-electron chi connectivity index (χ2n) is 4.45. The van der Waals surface area contributed by atoms with Crippen LogP contribution in [0.3, 0.4) is 0 Å². The maximum atomic E-state index is 12.0. The minimum atomic E-state index is -3.44. The number of hydrogen-bond donors (Lipinski definition) is 2. The van der Waals surface area contributed by atoms with Gasteiger partial charge in [0.25, 0.3) is 10.2 Å². The molecule has 0 unspecified atom stereocenters. The zero-order valence-corrected chi connectivity index (χ0v) is 11.9. The number of nitrogens with zero attached hydrogens (tertiary/aromatic N) is 1. The number of rotatable bonds is 6. The van der Waals surface area contributed by atoms with Crippen LogP contribution >= 0.6 is 0 Å². The van der Waals surface area contributed by atoms with E-state index in [-0.39, 0.29) is 6.04 Å². The molecule has 0 bridgehead atoms. The molecule has 0 amide bonds. The van der Waals surface area contributed by atoms with Gasteiger partial charge < -0.3 is 5.73 Å². The molecule has 0 spiro atoms. The molecule has 18 heavy (non-hydrogen) atoms. The minimum absolute atomic E-state index is 0.120. The Hall–Kier alpha value is -1.11. The van der Waals surface area contributed by atoms with Gasteiger partial charge in [-0.05, 0) is 31.5 Å². The van der Waals surface area contributed by atoms with Crippen LogP contribution in [0.2, 0.25) is 0 Å². The van der Waals surface area contributed by atoms with E-state index in [0.29, 0.717) is 18.8 Å². The zero-order chi connectivity index (χ0) is 13.8. The van der Waals surface area contributed by atoms with Crippen molar-refractivity contribution >= 4 is 15.9 Å². The van der Waals surface area contributed by atoms with E-state index >= 15 is 0 Å². The van der Waals surface area contributed by atoms with Gasteiger partial charge in [0.1, 0.15) is 0 Å². The molecule has 0 saturated heterocycles. The lowest BCUT2D eigenvalue weighted by Gasteiger charge is -2.22. The molecule has 1 aromatic carbocycles. The monoisotopic (exact) mass is 271 g/mol. The SMILES string of the molecule is CCN(Cc1cccc(N)c1)S(=O)(=O)NC(C)C. The molecule has 5 nitrogen and oxygen atoms in total. The van der Waals surface area contributed by atoms with E-state index in [9.17, 15) is 8.42 Å². The van der Waals surface area contributed by atoms with Crippen molar-refractivity contribution in [1.82, 2.24) is 9.03 Å². The predicted molar refractivity (Wildman–Crippen MR) is 74.1 cm³/mol. The molecule has 102 valence electrons. The van der Waals surface area contributed by atoms with Crippen LogP contribution in [0.25, 0.3) is 0 Å². The Kier molecular flexibility index (Phi) is 5.13. The van der Waals surface area contributed by atoms with Crippen LogP contribution in [-0.2, 0) is 16.8 Å². The number of benzene rings is 1. The van der Waals surface area contributed by atoms with Gasteiger partial charge >= 0.3 is 0 Å². The van der Waals surface area contributed by atoms with Gasteiger partial charge in [-0.15, -0.1) is 0 Å². The molecule has 0 fully saturated rings. The van der Waals surface area contributed by atoms with Crippen molar-refractivity contribution in [2.24, 2.45) is 0 Å². The molecular formula is C12H21N3O2S. The van der Waals surface area contributed by atoms with E-state index < -0.39 is 10.2 Å². The van der Waals surface area contributed by atoms with Crippen LogP contribution < -0.4 is 10.5 Å². The number of nitrogen functional groups attached to an aromatic ring is 1. The normalized spacial score (nSPS) is 12.3. The second-order valence-corrected chi connectivity index (χ2v) is 6.15. The molecule has 0 aliphatic heterocycles. The molecule has 3 N–H and O–H groups in total. The van der Waals surface area contributed by atoms with Crippen molar-refractivity contribution < 1.29 is 8.42 Å². The van der Waals surface area contributed by atoms with Crippen molar-refractivity contribution in [3.05, 3.63) is 29.8 Å². The fourth-order valence-corrected chi connectivity index (χ4v) is 3.04. The molecule has 0 atom stereocenters. The fraction of sp³-hybridized carbons (Fsp3) is 0.500. The third kappa shape index (κ3) is 4.29. The van der Waals surface area contributed by atoms with Gasteiger partial charge in [0.15, 0.2) is 0 Å². The fourth-order valence-electron chi connectivity index (χ4n) is 1.63. The molecule has 6 heteroatoms. The first kappa shape index (κ1) is 14.9. The van der Waals surface area contributed by atoms with E-state index in [1.54, 1.807) is 26.0 Å². The highest BCUT2D eigenvalue weighted by Crippen LogP contribution is 2.11. The lowest BCUT2D eigenvalue weighted by Crippen LogP contribution is -2.43. The summed E-state index contributed by atoms with van der Waals surface area (Å²) in [6.45, 7) is 6.14. The second kappa shape index (κ2) is 6.17. The smallest absolute Gasteiger partial charge is 0.279 e. The molecule has 0 radical (unpaired) electrons. The molecule has 0 heterocycles. The Morgan fingerprint density at radius 3 is 2.56 bits per heavy atom. The Morgan fingerprint density at radius 2 is 2.06 bits per heavy atom. The molecule has 0 aromatic heterocycles. The number of nitrogens with two attached hydrogens (primary N) is 1. The molecule has 1 rings (SSSR count). The van der Waals surface area contributed by atoms with Gasteiger partial charge in [-0.1, -0.05) is 19.1 Å². The molecule has 1 aromatic rings. The third-order valence-electron chi connectivity index (χ3n) is 2.39. The Bertz CT molecular complexity index is 486. The van der Waals surface area contributed by atoms with Gasteiger partial charge in [0.2, 0.25) is 0 Å². The van der Waals surface area contributed by atoms with Crippen molar-refractivity contribution in [3.8, 4) is 0 Å². The highest BCUT2D eigenvalue weighted by molar-refractivity contribution is 7.87. The average molecular weight is 271 g/mol. The highest BCUT2D eigenvalue weighted by atomic mass is 32.2.